The van der Waals surface area contributed by atoms with Crippen LogP contribution in [0.2, 0.25) is 0 Å². The Bertz CT molecular complexity index is 288. The van der Waals surface area contributed by atoms with Crippen LogP contribution in [0.5, 0.6) is 0 Å². The van der Waals surface area contributed by atoms with E-state index in [-0.39, 0.29) is 5.91 Å². The van der Waals surface area contributed by atoms with Gasteiger partial charge in [0.2, 0.25) is 5.91 Å². The number of nitrogens with one attached hydrogen (secondary N) is 2. The van der Waals surface area contributed by atoms with Gasteiger partial charge in [-0.1, -0.05) is 12.8 Å². The molecule has 2 atom stereocenters. The first-order valence-electron chi connectivity index (χ1n) is 6.63. The summed E-state index contributed by atoms with van der Waals surface area (Å²) >= 11 is 0. The van der Waals surface area contributed by atoms with Gasteiger partial charge < -0.3 is 15.4 Å². The summed E-state index contributed by atoms with van der Waals surface area (Å²) in [5.41, 5.74) is 0. The predicted molar refractivity (Wildman–Crippen MR) is 69.0 cm³/mol. The van der Waals surface area contributed by atoms with Crippen molar-refractivity contribution in [1.29, 1.82) is 0 Å². The van der Waals surface area contributed by atoms with Crippen molar-refractivity contribution >= 4 is 11.9 Å². The maximum atomic E-state index is 11.5. The second-order valence-corrected chi connectivity index (χ2v) is 5.02. The molecule has 0 spiro atoms. The Kier molecular flexibility index (Phi) is 6.12. The Balaban J connectivity index is 2.40. The van der Waals surface area contributed by atoms with Crippen LogP contribution < -0.4 is 10.6 Å². The highest BCUT2D eigenvalue weighted by Crippen LogP contribution is 2.27. The molecular weight excluding hydrogens is 232 g/mol. The zero-order valence-electron chi connectivity index (χ0n) is 11.5. The van der Waals surface area contributed by atoms with E-state index in [1.165, 1.54) is 39.7 Å². The van der Waals surface area contributed by atoms with Crippen LogP contribution in [0.4, 0.5) is 0 Å². The number of hydrogen-bond donors (Lipinski definition) is 2. The lowest BCUT2D eigenvalue weighted by atomic mass is 9.99. The molecule has 104 valence electrons. The zero-order chi connectivity index (χ0) is 13.5. The van der Waals surface area contributed by atoms with Crippen molar-refractivity contribution in [2.45, 2.75) is 51.6 Å². The van der Waals surface area contributed by atoms with Gasteiger partial charge in [-0.3, -0.25) is 4.79 Å². The highest BCUT2D eigenvalue weighted by molar-refractivity contribution is 5.83. The number of rotatable bonds is 6. The summed E-state index contributed by atoms with van der Waals surface area (Å²) in [4.78, 5) is 22.5. The topological polar surface area (TPSA) is 67.4 Å². The molecule has 0 aromatic carbocycles. The molecule has 2 N–H and O–H groups in total. The largest absolute Gasteiger partial charge is 0.467 e. The van der Waals surface area contributed by atoms with Crippen molar-refractivity contribution in [1.82, 2.24) is 10.6 Å². The van der Waals surface area contributed by atoms with Gasteiger partial charge >= 0.3 is 5.97 Å². The summed E-state index contributed by atoms with van der Waals surface area (Å²) in [6, 6.07) is -0.232. The number of methoxy groups -OCH3 is 1. The quantitative estimate of drug-likeness (QED) is 0.691. The van der Waals surface area contributed by atoms with Crippen molar-refractivity contribution in [3.8, 4) is 0 Å². The number of carbonyl (C=O) groups is 2. The first kappa shape index (κ1) is 15.0. The standard InChI is InChI=1S/C13H24N2O3/c1-9(11-6-4-5-7-11)14-8-12(13(17)18-3)15-10(2)16/h9,11-12,14H,4-8H2,1-3H3,(H,15,16)/t9-,12?/m0/s1. The number of ether oxygens (including phenoxy) is 1. The summed E-state index contributed by atoms with van der Waals surface area (Å²) in [5.74, 6) is 0.0534. The fourth-order valence-electron chi connectivity index (χ4n) is 2.51. The van der Waals surface area contributed by atoms with Gasteiger partial charge in [0.05, 0.1) is 7.11 Å². The molecule has 1 aliphatic rings. The molecule has 1 saturated carbocycles. The van der Waals surface area contributed by atoms with Gasteiger partial charge in [-0.2, -0.15) is 0 Å². The Labute approximate surface area is 109 Å². The summed E-state index contributed by atoms with van der Waals surface area (Å²) in [7, 11) is 1.33. The summed E-state index contributed by atoms with van der Waals surface area (Å²) < 4.78 is 4.68. The van der Waals surface area contributed by atoms with Gasteiger partial charge in [-0.05, 0) is 25.7 Å². The van der Waals surface area contributed by atoms with E-state index in [4.69, 9.17) is 0 Å². The van der Waals surface area contributed by atoms with E-state index in [0.717, 1.165) is 0 Å². The molecule has 5 heteroatoms. The van der Waals surface area contributed by atoms with Crippen LogP contribution in [0.1, 0.15) is 39.5 Å². The highest BCUT2D eigenvalue weighted by Gasteiger charge is 2.24. The normalized spacial score (nSPS) is 19.3. The number of amides is 1. The Morgan fingerprint density at radius 1 is 1.33 bits per heavy atom. The van der Waals surface area contributed by atoms with E-state index in [9.17, 15) is 9.59 Å². The smallest absolute Gasteiger partial charge is 0.329 e. The molecule has 1 rings (SSSR count). The monoisotopic (exact) mass is 256 g/mol. The molecule has 0 aromatic rings. The van der Waals surface area contributed by atoms with Gasteiger partial charge in [0.1, 0.15) is 6.04 Å². The zero-order valence-corrected chi connectivity index (χ0v) is 11.5. The third-order valence-electron chi connectivity index (χ3n) is 3.61. The molecular formula is C13H24N2O3. The minimum atomic E-state index is -0.601. The van der Waals surface area contributed by atoms with E-state index in [1.807, 2.05) is 0 Å². The maximum absolute atomic E-state index is 11.5. The van der Waals surface area contributed by atoms with E-state index >= 15 is 0 Å². The van der Waals surface area contributed by atoms with E-state index < -0.39 is 12.0 Å². The molecule has 18 heavy (non-hydrogen) atoms. The molecule has 1 unspecified atom stereocenters. The summed E-state index contributed by atoms with van der Waals surface area (Å²) in [5, 5.41) is 5.93. The third kappa shape index (κ3) is 4.64. The molecule has 0 aromatic heterocycles. The second-order valence-electron chi connectivity index (χ2n) is 5.02. The van der Waals surface area contributed by atoms with Crippen LogP contribution in [0.25, 0.3) is 0 Å². The van der Waals surface area contributed by atoms with Crippen LogP contribution in [0.3, 0.4) is 0 Å². The number of hydrogen-bond acceptors (Lipinski definition) is 4. The van der Waals surface area contributed by atoms with E-state index in [1.54, 1.807) is 0 Å². The fourth-order valence-corrected chi connectivity index (χ4v) is 2.51. The van der Waals surface area contributed by atoms with Crippen LogP contribution in [0, 0.1) is 5.92 Å². The average Bonchev–Trinajstić information content (AvgIpc) is 2.86. The lowest BCUT2D eigenvalue weighted by Gasteiger charge is -2.23. The van der Waals surface area contributed by atoms with E-state index in [2.05, 4.69) is 22.3 Å². The minimum absolute atomic E-state index is 0.222. The SMILES string of the molecule is COC(=O)C(CN[C@@H](C)C1CCCC1)NC(C)=O. The first-order chi connectivity index (χ1) is 8.54. The molecule has 1 fully saturated rings. The van der Waals surface area contributed by atoms with Gasteiger partial charge in [-0.25, -0.2) is 4.79 Å². The molecule has 1 aliphatic carbocycles. The fraction of sp³-hybridized carbons (Fsp3) is 0.846. The maximum Gasteiger partial charge on any atom is 0.329 e. The lowest BCUT2D eigenvalue weighted by molar-refractivity contribution is -0.144. The van der Waals surface area contributed by atoms with Gasteiger partial charge in [0, 0.05) is 19.5 Å². The molecule has 0 bridgehead atoms. The molecule has 0 radical (unpaired) electrons. The molecule has 5 nitrogen and oxygen atoms in total. The van der Waals surface area contributed by atoms with Crippen LogP contribution in [-0.2, 0) is 14.3 Å². The van der Waals surface area contributed by atoms with Crippen molar-refractivity contribution < 1.29 is 14.3 Å². The predicted octanol–water partition coefficient (Wildman–Crippen LogP) is 0.832. The number of carbonyl (C=O) groups excluding carboxylic acids is 2. The van der Waals surface area contributed by atoms with Gasteiger partial charge in [0.15, 0.2) is 0 Å². The summed E-state index contributed by atoms with van der Waals surface area (Å²) in [6.45, 7) is 3.96. The minimum Gasteiger partial charge on any atom is -0.467 e. The second kappa shape index (κ2) is 7.36. The Morgan fingerprint density at radius 3 is 2.44 bits per heavy atom. The molecule has 1 amide bonds. The molecule has 0 saturated heterocycles. The van der Waals surface area contributed by atoms with Gasteiger partial charge in [-0.15, -0.1) is 0 Å². The Hall–Kier alpha value is -1.10. The Morgan fingerprint density at radius 2 is 1.94 bits per heavy atom. The summed E-state index contributed by atoms with van der Waals surface area (Å²) in [6.07, 6.45) is 5.08. The molecule has 0 heterocycles. The third-order valence-corrected chi connectivity index (χ3v) is 3.61. The van der Waals surface area contributed by atoms with Crippen LogP contribution in [0.15, 0.2) is 0 Å². The average molecular weight is 256 g/mol. The van der Waals surface area contributed by atoms with Crippen molar-refractivity contribution in [2.75, 3.05) is 13.7 Å². The first-order valence-corrected chi connectivity index (χ1v) is 6.63. The highest BCUT2D eigenvalue weighted by atomic mass is 16.5. The van der Waals surface area contributed by atoms with E-state index in [0.29, 0.717) is 18.5 Å². The van der Waals surface area contributed by atoms with Crippen molar-refractivity contribution in [2.24, 2.45) is 5.92 Å². The molecule has 0 aliphatic heterocycles. The van der Waals surface area contributed by atoms with Crippen LogP contribution >= 0.6 is 0 Å². The van der Waals surface area contributed by atoms with Gasteiger partial charge in [0.25, 0.3) is 0 Å². The van der Waals surface area contributed by atoms with Crippen LogP contribution in [-0.4, -0.2) is 37.6 Å². The lowest BCUT2D eigenvalue weighted by Crippen LogP contribution is -2.49. The van der Waals surface area contributed by atoms with Crippen molar-refractivity contribution in [3.63, 3.8) is 0 Å². The number of esters is 1. The van der Waals surface area contributed by atoms with Crippen molar-refractivity contribution in [3.05, 3.63) is 0 Å².